The molecule has 3 heterocycles. The standard InChI is InChI=1S/C27H20N4OS/c32-27(30-21-9-11-22(12-10-21)33-18-19-5-3-13-28-16-19)24-15-26(20-6-4-14-29-17-20)31-25-8-2-1-7-23(24)25/h1-17H,18H2,(H,30,32). The maximum absolute atomic E-state index is 13.2. The molecule has 0 atom stereocenters. The Kier molecular flexibility index (Phi) is 6.08. The van der Waals surface area contributed by atoms with Crippen LogP contribution >= 0.6 is 11.8 Å². The minimum Gasteiger partial charge on any atom is -0.322 e. The van der Waals surface area contributed by atoms with E-state index in [1.165, 1.54) is 5.56 Å². The number of anilines is 1. The van der Waals surface area contributed by atoms with Crippen LogP contribution in [0.5, 0.6) is 0 Å². The summed E-state index contributed by atoms with van der Waals surface area (Å²) in [6.07, 6.45) is 7.12. The van der Waals surface area contributed by atoms with Crippen molar-refractivity contribution in [2.45, 2.75) is 10.6 Å². The fraction of sp³-hybridized carbons (Fsp3) is 0.0370. The minimum atomic E-state index is -0.172. The second-order valence-electron chi connectivity index (χ2n) is 7.44. The van der Waals surface area contributed by atoms with E-state index in [-0.39, 0.29) is 5.91 Å². The fourth-order valence-corrected chi connectivity index (χ4v) is 4.34. The number of carbonyl (C=O) groups is 1. The van der Waals surface area contributed by atoms with E-state index in [2.05, 4.69) is 21.4 Å². The van der Waals surface area contributed by atoms with Crippen LogP contribution in [0.3, 0.4) is 0 Å². The number of amides is 1. The largest absolute Gasteiger partial charge is 0.322 e. The topological polar surface area (TPSA) is 67.8 Å². The summed E-state index contributed by atoms with van der Waals surface area (Å²) in [5, 5.41) is 3.84. The van der Waals surface area contributed by atoms with Crippen LogP contribution in [0.1, 0.15) is 15.9 Å². The van der Waals surface area contributed by atoms with Crippen LogP contribution in [0.2, 0.25) is 0 Å². The molecule has 3 aromatic heterocycles. The van der Waals surface area contributed by atoms with Crippen molar-refractivity contribution in [3.05, 3.63) is 115 Å². The molecule has 160 valence electrons. The van der Waals surface area contributed by atoms with Crippen LogP contribution in [0.15, 0.2) is 109 Å². The van der Waals surface area contributed by atoms with Gasteiger partial charge in [0.15, 0.2) is 0 Å². The van der Waals surface area contributed by atoms with Gasteiger partial charge >= 0.3 is 0 Å². The van der Waals surface area contributed by atoms with Crippen LogP contribution in [-0.4, -0.2) is 20.9 Å². The molecule has 0 bridgehead atoms. The number of thioether (sulfide) groups is 1. The highest BCUT2D eigenvalue weighted by molar-refractivity contribution is 7.98. The second-order valence-corrected chi connectivity index (χ2v) is 8.49. The van der Waals surface area contributed by atoms with E-state index in [1.54, 1.807) is 30.4 Å². The molecule has 1 amide bonds. The number of rotatable bonds is 6. The first-order valence-corrected chi connectivity index (χ1v) is 11.5. The number of benzene rings is 2. The number of nitrogens with one attached hydrogen (secondary N) is 1. The van der Waals surface area contributed by atoms with Crippen molar-refractivity contribution in [3.63, 3.8) is 0 Å². The summed E-state index contributed by atoms with van der Waals surface area (Å²) in [7, 11) is 0. The third-order valence-corrected chi connectivity index (χ3v) is 6.24. The van der Waals surface area contributed by atoms with Gasteiger partial charge in [-0.05, 0) is 60.2 Å². The number of para-hydroxylation sites is 1. The minimum absolute atomic E-state index is 0.172. The highest BCUT2D eigenvalue weighted by Crippen LogP contribution is 2.27. The van der Waals surface area contributed by atoms with Gasteiger partial charge in [0.05, 0.1) is 16.8 Å². The normalized spacial score (nSPS) is 10.8. The number of carbonyl (C=O) groups excluding carboxylic acids is 1. The Bertz CT molecular complexity index is 1390. The molecule has 5 nitrogen and oxygen atoms in total. The summed E-state index contributed by atoms with van der Waals surface area (Å²) in [6.45, 7) is 0. The molecule has 0 aliphatic rings. The fourth-order valence-electron chi connectivity index (χ4n) is 3.51. The predicted octanol–water partition coefficient (Wildman–Crippen LogP) is 6.24. The lowest BCUT2D eigenvalue weighted by molar-refractivity contribution is 0.102. The van der Waals surface area contributed by atoms with Gasteiger partial charge in [0.1, 0.15) is 0 Å². The summed E-state index contributed by atoms with van der Waals surface area (Å²) in [5.41, 5.74) is 4.85. The van der Waals surface area contributed by atoms with E-state index in [0.717, 1.165) is 32.8 Å². The lowest BCUT2D eigenvalue weighted by atomic mass is 10.0. The van der Waals surface area contributed by atoms with Crippen LogP contribution < -0.4 is 5.32 Å². The molecule has 2 aromatic carbocycles. The third-order valence-electron chi connectivity index (χ3n) is 5.16. The Morgan fingerprint density at radius 1 is 0.848 bits per heavy atom. The number of pyridine rings is 3. The van der Waals surface area contributed by atoms with Gasteiger partial charge in [-0.1, -0.05) is 24.3 Å². The Hall–Kier alpha value is -4.03. The maximum atomic E-state index is 13.2. The number of nitrogens with zero attached hydrogens (tertiary/aromatic N) is 3. The summed E-state index contributed by atoms with van der Waals surface area (Å²) in [4.78, 5) is 27.4. The van der Waals surface area contributed by atoms with E-state index >= 15 is 0 Å². The molecule has 0 saturated carbocycles. The molecule has 6 heteroatoms. The van der Waals surface area contributed by atoms with E-state index in [9.17, 15) is 4.79 Å². The van der Waals surface area contributed by atoms with Crippen molar-refractivity contribution in [1.82, 2.24) is 15.0 Å². The molecular weight excluding hydrogens is 428 g/mol. The van der Waals surface area contributed by atoms with Gasteiger partial charge in [-0.2, -0.15) is 0 Å². The van der Waals surface area contributed by atoms with Crippen LogP contribution in [-0.2, 0) is 5.75 Å². The van der Waals surface area contributed by atoms with Crippen molar-refractivity contribution >= 4 is 34.3 Å². The van der Waals surface area contributed by atoms with Crippen LogP contribution in [0.25, 0.3) is 22.2 Å². The van der Waals surface area contributed by atoms with Gasteiger partial charge < -0.3 is 5.32 Å². The zero-order valence-electron chi connectivity index (χ0n) is 17.7. The van der Waals surface area contributed by atoms with Crippen molar-refractivity contribution in [3.8, 4) is 11.3 Å². The van der Waals surface area contributed by atoms with Crippen molar-refractivity contribution in [1.29, 1.82) is 0 Å². The summed E-state index contributed by atoms with van der Waals surface area (Å²) in [5.74, 6) is 0.675. The number of hydrogen-bond acceptors (Lipinski definition) is 5. The Morgan fingerprint density at radius 3 is 2.39 bits per heavy atom. The number of fused-ring (bicyclic) bond motifs is 1. The first kappa shape index (κ1) is 20.8. The quantitative estimate of drug-likeness (QED) is 0.312. The monoisotopic (exact) mass is 448 g/mol. The third kappa shape index (κ3) is 4.91. The van der Waals surface area contributed by atoms with Gasteiger partial charge in [0.25, 0.3) is 5.91 Å². The lowest BCUT2D eigenvalue weighted by Crippen LogP contribution is -2.13. The molecule has 0 saturated heterocycles. The SMILES string of the molecule is O=C(Nc1ccc(SCc2cccnc2)cc1)c1cc(-c2cccnc2)nc2ccccc12. The van der Waals surface area contributed by atoms with E-state index in [4.69, 9.17) is 4.98 Å². The number of hydrogen-bond donors (Lipinski definition) is 1. The highest BCUT2D eigenvalue weighted by Gasteiger charge is 2.14. The van der Waals surface area contributed by atoms with Crippen molar-refractivity contribution < 1.29 is 4.79 Å². The molecule has 0 aliphatic carbocycles. The smallest absolute Gasteiger partial charge is 0.256 e. The zero-order valence-corrected chi connectivity index (χ0v) is 18.5. The average Bonchev–Trinajstić information content (AvgIpc) is 2.88. The molecule has 0 fully saturated rings. The molecule has 0 unspecified atom stereocenters. The molecular formula is C27H20N4OS. The first-order valence-electron chi connectivity index (χ1n) is 10.5. The van der Waals surface area contributed by atoms with Crippen molar-refractivity contribution in [2.75, 3.05) is 5.32 Å². The summed E-state index contributed by atoms with van der Waals surface area (Å²) < 4.78 is 0. The average molecular weight is 449 g/mol. The Balaban J connectivity index is 1.36. The summed E-state index contributed by atoms with van der Waals surface area (Å²) in [6, 6.07) is 25.2. The van der Waals surface area contributed by atoms with Gasteiger partial charge in [-0.3, -0.25) is 14.8 Å². The molecule has 5 aromatic rings. The van der Waals surface area contributed by atoms with E-state index in [1.807, 2.05) is 79.0 Å². The van der Waals surface area contributed by atoms with Gasteiger partial charge in [0, 0.05) is 52.1 Å². The lowest BCUT2D eigenvalue weighted by Gasteiger charge is -2.11. The number of aromatic nitrogens is 3. The molecule has 0 aliphatic heterocycles. The van der Waals surface area contributed by atoms with Gasteiger partial charge in [0.2, 0.25) is 0 Å². The first-order chi connectivity index (χ1) is 16.3. The Morgan fingerprint density at radius 2 is 1.64 bits per heavy atom. The van der Waals surface area contributed by atoms with E-state index in [0.29, 0.717) is 11.3 Å². The van der Waals surface area contributed by atoms with Gasteiger partial charge in [-0.15, -0.1) is 11.8 Å². The molecule has 0 radical (unpaired) electrons. The molecule has 1 N–H and O–H groups in total. The molecule has 33 heavy (non-hydrogen) atoms. The second kappa shape index (κ2) is 9.63. The molecule has 5 rings (SSSR count). The summed E-state index contributed by atoms with van der Waals surface area (Å²) >= 11 is 1.73. The highest BCUT2D eigenvalue weighted by atomic mass is 32.2. The van der Waals surface area contributed by atoms with Crippen LogP contribution in [0.4, 0.5) is 5.69 Å². The van der Waals surface area contributed by atoms with Gasteiger partial charge in [-0.25, -0.2) is 4.98 Å². The zero-order chi connectivity index (χ0) is 22.5. The van der Waals surface area contributed by atoms with E-state index < -0.39 is 0 Å². The predicted molar refractivity (Wildman–Crippen MR) is 133 cm³/mol. The molecule has 0 spiro atoms. The Labute approximate surface area is 196 Å². The maximum Gasteiger partial charge on any atom is 0.256 e. The van der Waals surface area contributed by atoms with Crippen molar-refractivity contribution in [2.24, 2.45) is 0 Å². The van der Waals surface area contributed by atoms with Crippen LogP contribution in [0, 0.1) is 0 Å².